The zero-order valence-corrected chi connectivity index (χ0v) is 21.2. The van der Waals surface area contributed by atoms with Crippen LogP contribution >= 0.6 is 23.2 Å². The predicted molar refractivity (Wildman–Crippen MR) is 139 cm³/mol. The van der Waals surface area contributed by atoms with E-state index in [1.165, 1.54) is 5.56 Å². The number of hydrogen-bond acceptors (Lipinski definition) is 5. The number of halogens is 2. The highest BCUT2D eigenvalue weighted by Gasteiger charge is 2.34. The van der Waals surface area contributed by atoms with Crippen molar-refractivity contribution in [1.82, 2.24) is 20.4 Å². The van der Waals surface area contributed by atoms with Crippen LogP contribution in [-0.4, -0.2) is 66.9 Å². The molecule has 1 unspecified atom stereocenters. The largest absolute Gasteiger partial charge is 0.381 e. The number of benzene rings is 2. The van der Waals surface area contributed by atoms with Crippen molar-refractivity contribution in [1.29, 1.82) is 0 Å². The normalized spacial score (nSPS) is 22.1. The lowest BCUT2D eigenvalue weighted by Crippen LogP contribution is -2.56. The van der Waals surface area contributed by atoms with E-state index in [9.17, 15) is 9.59 Å². The second-order valence-corrected chi connectivity index (χ2v) is 10.3. The first-order chi connectivity index (χ1) is 17.0. The second kappa shape index (κ2) is 10.7. The van der Waals surface area contributed by atoms with Crippen LogP contribution in [0.4, 0.5) is 5.69 Å². The monoisotopic (exact) mass is 515 g/mol. The summed E-state index contributed by atoms with van der Waals surface area (Å²) in [6, 6.07) is 11.3. The fourth-order valence-electron chi connectivity index (χ4n) is 5.19. The Bertz CT molecular complexity index is 1100. The van der Waals surface area contributed by atoms with E-state index in [0.717, 1.165) is 49.2 Å². The van der Waals surface area contributed by atoms with E-state index in [0.29, 0.717) is 42.8 Å². The Morgan fingerprint density at radius 2 is 1.71 bits per heavy atom. The van der Waals surface area contributed by atoms with Crippen LogP contribution in [0.15, 0.2) is 36.4 Å². The molecule has 0 spiro atoms. The fraction of sp³-hybridized carbons (Fsp3) is 0.462. The smallest absolute Gasteiger partial charge is 0.244 e. The Morgan fingerprint density at radius 1 is 0.943 bits per heavy atom. The van der Waals surface area contributed by atoms with Gasteiger partial charge in [0, 0.05) is 55.0 Å². The zero-order chi connectivity index (χ0) is 24.4. The third-order valence-corrected chi connectivity index (χ3v) is 7.79. The molecule has 0 aliphatic carbocycles. The molecule has 3 aliphatic rings. The molecule has 0 saturated carbocycles. The molecule has 2 aromatic carbocycles. The molecule has 3 heterocycles. The van der Waals surface area contributed by atoms with E-state index < -0.39 is 0 Å². The fourth-order valence-corrected chi connectivity index (χ4v) is 5.67. The SMILES string of the molecule is O=C(C1NCCc2ccc(NCc3ccc(Cl)cc3Cl)cc21)N1CCN(C(=O)[C@H]2CCCN2)CC1. The summed E-state index contributed by atoms with van der Waals surface area (Å²) in [6.45, 7) is 4.55. The number of carbonyl (C=O) groups excluding carboxylic acids is 2. The first-order valence-electron chi connectivity index (χ1n) is 12.3. The summed E-state index contributed by atoms with van der Waals surface area (Å²) in [5.74, 6) is 0.252. The average Bonchev–Trinajstić information content (AvgIpc) is 3.42. The number of nitrogens with zero attached hydrogens (tertiary/aromatic N) is 2. The van der Waals surface area contributed by atoms with Crippen molar-refractivity contribution in [2.24, 2.45) is 0 Å². The third-order valence-electron chi connectivity index (χ3n) is 7.21. The molecule has 0 radical (unpaired) electrons. The van der Waals surface area contributed by atoms with Gasteiger partial charge in [0.15, 0.2) is 0 Å². The topological polar surface area (TPSA) is 76.7 Å². The zero-order valence-electron chi connectivity index (χ0n) is 19.7. The van der Waals surface area contributed by atoms with E-state index in [1.807, 2.05) is 21.9 Å². The molecule has 3 N–H and O–H groups in total. The van der Waals surface area contributed by atoms with Gasteiger partial charge in [-0.2, -0.15) is 0 Å². The quantitative estimate of drug-likeness (QED) is 0.569. The van der Waals surface area contributed by atoms with Crippen LogP contribution < -0.4 is 16.0 Å². The maximum absolute atomic E-state index is 13.5. The number of hydrogen-bond donors (Lipinski definition) is 3. The molecule has 186 valence electrons. The Morgan fingerprint density at radius 3 is 2.43 bits per heavy atom. The van der Waals surface area contributed by atoms with Crippen molar-refractivity contribution in [3.05, 3.63) is 63.1 Å². The van der Waals surface area contributed by atoms with Gasteiger partial charge >= 0.3 is 0 Å². The minimum atomic E-state index is -0.377. The molecule has 35 heavy (non-hydrogen) atoms. The van der Waals surface area contributed by atoms with Crippen LogP contribution in [0.3, 0.4) is 0 Å². The molecule has 5 rings (SSSR count). The molecule has 7 nitrogen and oxygen atoms in total. The Balaban J connectivity index is 1.23. The van der Waals surface area contributed by atoms with Crippen LogP contribution in [0.2, 0.25) is 10.0 Å². The molecular formula is C26H31Cl2N5O2. The maximum atomic E-state index is 13.5. The van der Waals surface area contributed by atoms with E-state index >= 15 is 0 Å². The summed E-state index contributed by atoms with van der Waals surface area (Å²) in [5, 5.41) is 11.4. The molecule has 2 amide bonds. The molecule has 2 aromatic rings. The Hall–Kier alpha value is -2.32. The number of amides is 2. The molecule has 9 heteroatoms. The van der Waals surface area contributed by atoms with Crippen LogP contribution in [0.1, 0.15) is 35.6 Å². The van der Waals surface area contributed by atoms with Crippen molar-refractivity contribution in [2.75, 3.05) is 44.6 Å². The van der Waals surface area contributed by atoms with Gasteiger partial charge in [-0.1, -0.05) is 35.3 Å². The van der Waals surface area contributed by atoms with Crippen LogP contribution in [0, 0.1) is 0 Å². The van der Waals surface area contributed by atoms with E-state index in [4.69, 9.17) is 23.2 Å². The average molecular weight is 516 g/mol. The van der Waals surface area contributed by atoms with Gasteiger partial charge in [-0.15, -0.1) is 0 Å². The number of rotatable bonds is 5. The number of anilines is 1. The predicted octanol–water partition coefficient (Wildman–Crippen LogP) is 3.22. The molecular weight excluding hydrogens is 485 g/mol. The van der Waals surface area contributed by atoms with Crippen molar-refractivity contribution in [3.8, 4) is 0 Å². The number of carbonyl (C=O) groups is 2. The van der Waals surface area contributed by atoms with Crippen LogP contribution in [-0.2, 0) is 22.6 Å². The number of nitrogens with one attached hydrogen (secondary N) is 3. The summed E-state index contributed by atoms with van der Waals surface area (Å²) in [5.41, 5.74) is 4.11. The van der Waals surface area contributed by atoms with E-state index in [-0.39, 0.29) is 23.9 Å². The highest BCUT2D eigenvalue weighted by atomic mass is 35.5. The van der Waals surface area contributed by atoms with E-state index in [1.54, 1.807) is 6.07 Å². The first kappa shape index (κ1) is 24.4. The van der Waals surface area contributed by atoms with Crippen LogP contribution in [0.25, 0.3) is 0 Å². The molecule has 2 atom stereocenters. The van der Waals surface area contributed by atoms with Gasteiger partial charge in [0.2, 0.25) is 11.8 Å². The first-order valence-corrected chi connectivity index (χ1v) is 13.1. The molecule has 2 fully saturated rings. The summed E-state index contributed by atoms with van der Waals surface area (Å²) in [4.78, 5) is 30.0. The van der Waals surface area contributed by atoms with Gasteiger partial charge in [-0.3, -0.25) is 9.59 Å². The van der Waals surface area contributed by atoms with Gasteiger partial charge < -0.3 is 25.8 Å². The number of fused-ring (bicyclic) bond motifs is 1. The van der Waals surface area contributed by atoms with Gasteiger partial charge in [-0.05, 0) is 66.8 Å². The second-order valence-electron chi connectivity index (χ2n) is 9.44. The van der Waals surface area contributed by atoms with Crippen LogP contribution in [0.5, 0.6) is 0 Å². The maximum Gasteiger partial charge on any atom is 0.244 e. The lowest BCUT2D eigenvalue weighted by atomic mass is 9.92. The lowest BCUT2D eigenvalue weighted by molar-refractivity contribution is -0.141. The molecule has 0 bridgehead atoms. The van der Waals surface area contributed by atoms with Crippen molar-refractivity contribution in [3.63, 3.8) is 0 Å². The summed E-state index contributed by atoms with van der Waals surface area (Å²) >= 11 is 12.3. The number of piperazine rings is 1. The summed E-state index contributed by atoms with van der Waals surface area (Å²) < 4.78 is 0. The van der Waals surface area contributed by atoms with Crippen molar-refractivity contribution < 1.29 is 9.59 Å². The van der Waals surface area contributed by atoms with Gasteiger partial charge in [0.25, 0.3) is 0 Å². The Kier molecular flexibility index (Phi) is 7.48. The molecule has 3 aliphatic heterocycles. The minimum absolute atomic E-state index is 0.0576. The summed E-state index contributed by atoms with van der Waals surface area (Å²) in [6.07, 6.45) is 2.84. The molecule has 2 saturated heterocycles. The minimum Gasteiger partial charge on any atom is -0.381 e. The standard InChI is InChI=1S/C26H31Cl2N5O2/c27-19-5-3-18(22(28)14-19)16-31-20-6-4-17-7-9-30-24(21(17)15-20)26(35)33-12-10-32(11-13-33)25(34)23-2-1-8-29-23/h3-6,14-15,23-24,29-31H,1-2,7-13,16H2/t23-,24?/m1/s1. The van der Waals surface area contributed by atoms with E-state index in [2.05, 4.69) is 34.1 Å². The van der Waals surface area contributed by atoms with Crippen molar-refractivity contribution >= 4 is 40.7 Å². The highest BCUT2D eigenvalue weighted by molar-refractivity contribution is 6.35. The third kappa shape index (κ3) is 5.43. The van der Waals surface area contributed by atoms with Crippen molar-refractivity contribution in [2.45, 2.75) is 37.9 Å². The van der Waals surface area contributed by atoms with Gasteiger partial charge in [0.05, 0.1) is 6.04 Å². The molecule has 0 aromatic heterocycles. The van der Waals surface area contributed by atoms with Gasteiger partial charge in [-0.25, -0.2) is 0 Å². The summed E-state index contributed by atoms with van der Waals surface area (Å²) in [7, 11) is 0. The lowest BCUT2D eigenvalue weighted by Gasteiger charge is -2.38. The highest BCUT2D eigenvalue weighted by Crippen LogP contribution is 2.29. The Labute approximate surface area is 216 Å². The van der Waals surface area contributed by atoms with Gasteiger partial charge in [0.1, 0.15) is 6.04 Å².